The smallest absolute Gasteiger partial charge is 0.407 e. The van der Waals surface area contributed by atoms with Gasteiger partial charge in [0, 0.05) is 12.7 Å². The van der Waals surface area contributed by atoms with Crippen molar-refractivity contribution >= 4 is 6.09 Å². The van der Waals surface area contributed by atoms with Gasteiger partial charge in [-0.2, -0.15) is 0 Å². The van der Waals surface area contributed by atoms with Gasteiger partial charge in [-0.05, 0) is 45.2 Å². The van der Waals surface area contributed by atoms with E-state index in [1.807, 2.05) is 26.8 Å². The molecule has 0 aliphatic heterocycles. The van der Waals surface area contributed by atoms with Crippen LogP contribution in [0.5, 0.6) is 0 Å². The predicted octanol–water partition coefficient (Wildman–Crippen LogP) is 2.03. The van der Waals surface area contributed by atoms with Gasteiger partial charge in [0.15, 0.2) is 0 Å². The molecule has 0 aliphatic rings. The Labute approximate surface area is 114 Å². The van der Waals surface area contributed by atoms with E-state index in [1.165, 1.54) is 0 Å². The van der Waals surface area contributed by atoms with Gasteiger partial charge in [-0.25, -0.2) is 4.79 Å². The lowest BCUT2D eigenvalue weighted by molar-refractivity contribution is 0.0527. The minimum Gasteiger partial charge on any atom is -0.444 e. The van der Waals surface area contributed by atoms with E-state index in [0.717, 1.165) is 18.4 Å². The summed E-state index contributed by atoms with van der Waals surface area (Å²) in [6.45, 7) is 6.03. The highest BCUT2D eigenvalue weighted by atomic mass is 16.6. The summed E-state index contributed by atoms with van der Waals surface area (Å²) in [5.41, 5.74) is 1.28. The third-order valence-corrected chi connectivity index (χ3v) is 2.36. The molecule has 0 aliphatic carbocycles. The second kappa shape index (κ2) is 7.09. The van der Waals surface area contributed by atoms with Crippen LogP contribution in [0.4, 0.5) is 4.79 Å². The van der Waals surface area contributed by atoms with Gasteiger partial charge in [0.05, 0.1) is 12.3 Å². The second-order valence-electron chi connectivity index (χ2n) is 5.35. The molecule has 5 heteroatoms. The van der Waals surface area contributed by atoms with E-state index < -0.39 is 5.60 Å². The SMILES string of the molecule is CC(C)(C)OC(=O)NCCCc1ccc(CO)nc1. The molecule has 0 radical (unpaired) electrons. The molecule has 1 aromatic rings. The zero-order valence-corrected chi connectivity index (χ0v) is 11.8. The van der Waals surface area contributed by atoms with Crippen LogP contribution in [0.15, 0.2) is 18.3 Å². The first-order chi connectivity index (χ1) is 8.90. The Hall–Kier alpha value is -1.62. The lowest BCUT2D eigenvalue weighted by Gasteiger charge is -2.19. The summed E-state index contributed by atoms with van der Waals surface area (Å²) in [4.78, 5) is 15.5. The van der Waals surface area contributed by atoms with Gasteiger partial charge in [-0.15, -0.1) is 0 Å². The van der Waals surface area contributed by atoms with Gasteiger partial charge >= 0.3 is 6.09 Å². The van der Waals surface area contributed by atoms with Gasteiger partial charge in [0.2, 0.25) is 0 Å². The summed E-state index contributed by atoms with van der Waals surface area (Å²) in [5.74, 6) is 0. The van der Waals surface area contributed by atoms with Crippen molar-refractivity contribution in [1.29, 1.82) is 0 Å². The summed E-state index contributed by atoms with van der Waals surface area (Å²) >= 11 is 0. The number of aromatic nitrogens is 1. The fraction of sp³-hybridized carbons (Fsp3) is 0.571. The lowest BCUT2D eigenvalue weighted by atomic mass is 10.1. The average molecular weight is 266 g/mol. The Morgan fingerprint density at radius 1 is 1.42 bits per heavy atom. The van der Waals surface area contributed by atoms with Crippen molar-refractivity contribution in [2.75, 3.05) is 6.54 Å². The topological polar surface area (TPSA) is 71.5 Å². The van der Waals surface area contributed by atoms with E-state index in [9.17, 15) is 4.79 Å². The standard InChI is InChI=1S/C14H22N2O3/c1-14(2,3)19-13(18)15-8-4-5-11-6-7-12(10-17)16-9-11/h6-7,9,17H,4-5,8,10H2,1-3H3,(H,15,18). The number of carbonyl (C=O) groups is 1. The molecule has 0 unspecified atom stereocenters. The minimum absolute atomic E-state index is 0.0412. The van der Waals surface area contributed by atoms with E-state index in [-0.39, 0.29) is 12.7 Å². The zero-order chi connectivity index (χ0) is 14.3. The maximum absolute atomic E-state index is 11.4. The largest absolute Gasteiger partial charge is 0.444 e. The molecule has 0 saturated heterocycles. The van der Waals surface area contributed by atoms with Crippen LogP contribution in [-0.2, 0) is 17.8 Å². The molecule has 0 bridgehead atoms. The van der Waals surface area contributed by atoms with Crippen LogP contribution in [0.2, 0.25) is 0 Å². The summed E-state index contributed by atoms with van der Waals surface area (Å²) in [6.07, 6.45) is 3.01. The second-order valence-corrected chi connectivity index (χ2v) is 5.35. The van der Waals surface area contributed by atoms with Crippen LogP contribution < -0.4 is 5.32 Å². The first-order valence-corrected chi connectivity index (χ1v) is 6.42. The molecule has 2 N–H and O–H groups in total. The molecule has 0 aromatic carbocycles. The van der Waals surface area contributed by atoms with Crippen LogP contribution >= 0.6 is 0 Å². The number of alkyl carbamates (subject to hydrolysis) is 1. The lowest BCUT2D eigenvalue weighted by Crippen LogP contribution is -2.33. The number of carbonyl (C=O) groups excluding carboxylic acids is 1. The van der Waals surface area contributed by atoms with Gasteiger partial charge in [0.25, 0.3) is 0 Å². The van der Waals surface area contributed by atoms with Gasteiger partial charge in [-0.1, -0.05) is 6.07 Å². The normalized spacial score (nSPS) is 11.2. The molecular weight excluding hydrogens is 244 g/mol. The highest BCUT2D eigenvalue weighted by Crippen LogP contribution is 2.07. The molecule has 0 fully saturated rings. The predicted molar refractivity (Wildman–Crippen MR) is 72.7 cm³/mol. The highest BCUT2D eigenvalue weighted by Gasteiger charge is 2.15. The van der Waals surface area contributed by atoms with Crippen LogP contribution in [0.3, 0.4) is 0 Å². The monoisotopic (exact) mass is 266 g/mol. The van der Waals surface area contributed by atoms with E-state index in [2.05, 4.69) is 10.3 Å². The quantitative estimate of drug-likeness (QED) is 0.800. The molecule has 5 nitrogen and oxygen atoms in total. The summed E-state index contributed by atoms with van der Waals surface area (Å²) in [6, 6.07) is 3.74. The Kier molecular flexibility index (Phi) is 5.76. The van der Waals surface area contributed by atoms with Gasteiger partial charge in [-0.3, -0.25) is 4.98 Å². The van der Waals surface area contributed by atoms with Gasteiger partial charge in [0.1, 0.15) is 5.60 Å². The van der Waals surface area contributed by atoms with Crippen molar-refractivity contribution in [1.82, 2.24) is 10.3 Å². The zero-order valence-electron chi connectivity index (χ0n) is 11.8. The third-order valence-electron chi connectivity index (χ3n) is 2.36. The first kappa shape index (κ1) is 15.4. The molecule has 1 amide bonds. The Bertz CT molecular complexity index is 396. The number of hydrogen-bond donors (Lipinski definition) is 2. The maximum atomic E-state index is 11.4. The molecule has 0 atom stereocenters. The van der Waals surface area contributed by atoms with Crippen molar-refractivity contribution < 1.29 is 14.6 Å². The number of aryl methyl sites for hydroxylation is 1. The van der Waals surface area contributed by atoms with Crippen molar-refractivity contribution in [3.05, 3.63) is 29.6 Å². The number of amides is 1. The molecular formula is C14H22N2O3. The summed E-state index contributed by atoms with van der Waals surface area (Å²) < 4.78 is 5.13. The van der Waals surface area contributed by atoms with Crippen molar-refractivity contribution in [3.63, 3.8) is 0 Å². The average Bonchev–Trinajstić information content (AvgIpc) is 2.33. The third kappa shape index (κ3) is 6.76. The van der Waals surface area contributed by atoms with E-state index in [0.29, 0.717) is 12.2 Å². The van der Waals surface area contributed by atoms with E-state index in [1.54, 1.807) is 12.3 Å². The Morgan fingerprint density at radius 2 is 2.16 bits per heavy atom. The van der Waals surface area contributed by atoms with Crippen LogP contribution in [0, 0.1) is 0 Å². The van der Waals surface area contributed by atoms with E-state index in [4.69, 9.17) is 9.84 Å². The number of aliphatic hydroxyl groups excluding tert-OH is 1. The number of nitrogens with zero attached hydrogens (tertiary/aromatic N) is 1. The number of rotatable bonds is 5. The first-order valence-electron chi connectivity index (χ1n) is 6.42. The fourth-order valence-electron chi connectivity index (χ4n) is 1.49. The van der Waals surface area contributed by atoms with Crippen molar-refractivity contribution in [2.45, 2.75) is 45.8 Å². The van der Waals surface area contributed by atoms with Crippen molar-refractivity contribution in [2.24, 2.45) is 0 Å². The summed E-state index contributed by atoms with van der Waals surface area (Å²) in [7, 11) is 0. The Balaban J connectivity index is 2.21. The number of pyridine rings is 1. The fourth-order valence-corrected chi connectivity index (χ4v) is 1.49. The summed E-state index contributed by atoms with van der Waals surface area (Å²) in [5, 5.41) is 11.6. The number of nitrogens with one attached hydrogen (secondary N) is 1. The minimum atomic E-state index is -0.464. The number of hydrogen-bond acceptors (Lipinski definition) is 4. The van der Waals surface area contributed by atoms with E-state index >= 15 is 0 Å². The molecule has 1 heterocycles. The van der Waals surface area contributed by atoms with Crippen LogP contribution in [0.25, 0.3) is 0 Å². The molecule has 106 valence electrons. The number of aliphatic hydroxyl groups is 1. The maximum Gasteiger partial charge on any atom is 0.407 e. The highest BCUT2D eigenvalue weighted by molar-refractivity contribution is 5.67. The Morgan fingerprint density at radius 3 is 2.68 bits per heavy atom. The molecule has 0 spiro atoms. The van der Waals surface area contributed by atoms with Crippen LogP contribution in [0.1, 0.15) is 38.4 Å². The molecule has 1 rings (SSSR count). The van der Waals surface area contributed by atoms with Crippen molar-refractivity contribution in [3.8, 4) is 0 Å². The van der Waals surface area contributed by atoms with Gasteiger partial charge < -0.3 is 15.2 Å². The van der Waals surface area contributed by atoms with Crippen LogP contribution in [-0.4, -0.2) is 28.3 Å². The number of ether oxygens (including phenoxy) is 1. The molecule has 1 aromatic heterocycles. The molecule has 0 saturated carbocycles. The molecule has 19 heavy (non-hydrogen) atoms.